The third-order valence-electron chi connectivity index (χ3n) is 2.64. The summed E-state index contributed by atoms with van der Waals surface area (Å²) in [6.07, 6.45) is 1.04. The van der Waals surface area contributed by atoms with Crippen molar-refractivity contribution in [2.45, 2.75) is 25.9 Å². The fraction of sp³-hybridized carbons (Fsp3) is 0.357. The van der Waals surface area contributed by atoms with Crippen LogP contribution in [0.15, 0.2) is 29.6 Å². The summed E-state index contributed by atoms with van der Waals surface area (Å²) in [6, 6.07) is 7.97. The molecule has 0 aliphatic rings. The van der Waals surface area contributed by atoms with Crippen LogP contribution in [0.5, 0.6) is 5.75 Å². The smallest absolute Gasteiger partial charge is 0.122 e. The maximum Gasteiger partial charge on any atom is 0.122 e. The van der Waals surface area contributed by atoms with Gasteiger partial charge in [0.1, 0.15) is 5.75 Å². The molecular weight excluding hydrogens is 246 g/mol. The zero-order chi connectivity index (χ0) is 13.0. The summed E-state index contributed by atoms with van der Waals surface area (Å²) in [5.41, 5.74) is 2.10. The first-order valence-electron chi connectivity index (χ1n) is 5.92. The van der Waals surface area contributed by atoms with E-state index in [4.69, 9.17) is 4.74 Å². The summed E-state index contributed by atoms with van der Waals surface area (Å²) in [7, 11) is 1.68. The Labute approximate surface area is 111 Å². The second-order valence-electron chi connectivity index (χ2n) is 4.27. The van der Waals surface area contributed by atoms with Crippen molar-refractivity contribution < 1.29 is 9.84 Å². The molecular formula is C14H17NO2S. The number of ether oxygens (including phenoxy) is 1. The van der Waals surface area contributed by atoms with E-state index in [1.807, 2.05) is 23.6 Å². The number of aliphatic hydroxyl groups is 1. The quantitative estimate of drug-likeness (QED) is 0.901. The van der Waals surface area contributed by atoms with E-state index in [1.54, 1.807) is 25.4 Å². The second kappa shape index (κ2) is 5.98. The lowest BCUT2D eigenvalue weighted by Gasteiger charge is -2.06. The molecule has 3 nitrogen and oxygen atoms in total. The van der Waals surface area contributed by atoms with E-state index in [2.05, 4.69) is 11.1 Å². The fourth-order valence-corrected chi connectivity index (χ4v) is 2.67. The van der Waals surface area contributed by atoms with Crippen molar-refractivity contribution in [3.05, 3.63) is 45.9 Å². The van der Waals surface area contributed by atoms with Crippen LogP contribution < -0.4 is 4.74 Å². The Morgan fingerprint density at radius 2 is 2.17 bits per heavy atom. The van der Waals surface area contributed by atoms with E-state index >= 15 is 0 Å². The number of aromatic nitrogens is 1. The summed E-state index contributed by atoms with van der Waals surface area (Å²) in [4.78, 5) is 4.52. The van der Waals surface area contributed by atoms with Gasteiger partial charge in [-0.3, -0.25) is 0 Å². The first-order chi connectivity index (χ1) is 8.69. The largest absolute Gasteiger partial charge is 0.496 e. The van der Waals surface area contributed by atoms with Crippen LogP contribution in [0, 0.1) is 0 Å². The maximum atomic E-state index is 9.33. The number of methoxy groups -OCH3 is 1. The van der Waals surface area contributed by atoms with Crippen molar-refractivity contribution in [2.24, 2.45) is 0 Å². The number of nitrogens with zero attached hydrogens (tertiary/aromatic N) is 1. The summed E-state index contributed by atoms with van der Waals surface area (Å²) >= 11 is 1.63. The highest BCUT2D eigenvalue weighted by Gasteiger charge is 2.08. The van der Waals surface area contributed by atoms with Gasteiger partial charge in [-0.05, 0) is 13.0 Å². The molecule has 1 unspecified atom stereocenters. The Balaban J connectivity index is 2.11. The molecule has 0 aliphatic heterocycles. The lowest BCUT2D eigenvalue weighted by atomic mass is 10.1. The van der Waals surface area contributed by atoms with E-state index in [1.165, 1.54) is 0 Å². The first-order valence-corrected chi connectivity index (χ1v) is 6.80. The minimum Gasteiger partial charge on any atom is -0.496 e. The molecule has 1 aromatic heterocycles. The number of thiazole rings is 1. The fourth-order valence-electron chi connectivity index (χ4n) is 1.84. The number of hydrogen-bond donors (Lipinski definition) is 1. The van der Waals surface area contributed by atoms with Gasteiger partial charge in [-0.15, -0.1) is 11.3 Å². The van der Waals surface area contributed by atoms with E-state index in [0.717, 1.165) is 28.4 Å². The predicted molar refractivity (Wildman–Crippen MR) is 73.3 cm³/mol. The molecule has 0 amide bonds. The van der Waals surface area contributed by atoms with Crippen LogP contribution in [0.1, 0.15) is 23.2 Å². The van der Waals surface area contributed by atoms with Gasteiger partial charge in [0.2, 0.25) is 0 Å². The highest BCUT2D eigenvalue weighted by atomic mass is 32.1. The molecule has 1 heterocycles. The average molecular weight is 263 g/mol. The van der Waals surface area contributed by atoms with Crippen LogP contribution >= 0.6 is 11.3 Å². The Morgan fingerprint density at radius 1 is 1.39 bits per heavy atom. The number of aliphatic hydroxyl groups excluding tert-OH is 1. The van der Waals surface area contributed by atoms with Crippen molar-refractivity contribution in [2.75, 3.05) is 7.11 Å². The van der Waals surface area contributed by atoms with E-state index in [-0.39, 0.29) is 6.10 Å². The van der Waals surface area contributed by atoms with Crippen LogP contribution in [-0.4, -0.2) is 23.3 Å². The number of para-hydroxylation sites is 1. The standard InChI is InChI=1S/C14H17NO2S/c1-10(16)7-12-9-18-14(15-12)8-11-5-3-4-6-13(11)17-2/h3-6,9-10,16H,7-8H2,1-2H3. The molecule has 0 saturated carbocycles. The first kappa shape index (κ1) is 13.1. The van der Waals surface area contributed by atoms with E-state index < -0.39 is 0 Å². The number of benzene rings is 1. The van der Waals surface area contributed by atoms with Crippen LogP contribution in [0.2, 0.25) is 0 Å². The molecule has 2 aromatic rings. The Morgan fingerprint density at radius 3 is 2.89 bits per heavy atom. The zero-order valence-corrected chi connectivity index (χ0v) is 11.4. The molecule has 4 heteroatoms. The third-order valence-corrected chi connectivity index (χ3v) is 3.54. The van der Waals surface area contributed by atoms with Crippen molar-refractivity contribution in [1.82, 2.24) is 4.98 Å². The lowest BCUT2D eigenvalue weighted by Crippen LogP contribution is -2.04. The average Bonchev–Trinajstić information content (AvgIpc) is 2.76. The van der Waals surface area contributed by atoms with Crippen molar-refractivity contribution in [1.29, 1.82) is 0 Å². The van der Waals surface area contributed by atoms with Gasteiger partial charge in [0.15, 0.2) is 0 Å². The van der Waals surface area contributed by atoms with Gasteiger partial charge in [-0.2, -0.15) is 0 Å². The Bertz CT molecular complexity index is 508. The van der Waals surface area contributed by atoms with Gasteiger partial charge in [0.05, 0.1) is 23.9 Å². The highest BCUT2D eigenvalue weighted by molar-refractivity contribution is 7.09. The Hall–Kier alpha value is -1.39. The molecule has 1 N–H and O–H groups in total. The predicted octanol–water partition coefficient (Wildman–Crippen LogP) is 2.67. The van der Waals surface area contributed by atoms with Gasteiger partial charge in [-0.1, -0.05) is 18.2 Å². The summed E-state index contributed by atoms with van der Waals surface area (Å²) in [5.74, 6) is 0.893. The Kier molecular flexibility index (Phi) is 4.33. The van der Waals surface area contributed by atoms with Crippen LogP contribution in [0.4, 0.5) is 0 Å². The molecule has 0 fully saturated rings. The van der Waals surface area contributed by atoms with E-state index in [9.17, 15) is 5.11 Å². The molecule has 0 aliphatic carbocycles. The van der Waals surface area contributed by atoms with Crippen LogP contribution in [-0.2, 0) is 12.8 Å². The topological polar surface area (TPSA) is 42.4 Å². The molecule has 1 atom stereocenters. The van der Waals surface area contributed by atoms with Crippen molar-refractivity contribution in [3.63, 3.8) is 0 Å². The zero-order valence-electron chi connectivity index (χ0n) is 10.6. The normalized spacial score (nSPS) is 12.4. The van der Waals surface area contributed by atoms with Crippen molar-refractivity contribution in [3.8, 4) is 5.75 Å². The lowest BCUT2D eigenvalue weighted by molar-refractivity contribution is 0.194. The van der Waals surface area contributed by atoms with Gasteiger partial charge >= 0.3 is 0 Å². The molecule has 96 valence electrons. The minimum absolute atomic E-state index is 0.341. The molecule has 0 bridgehead atoms. The molecule has 0 saturated heterocycles. The van der Waals surface area contributed by atoms with E-state index in [0.29, 0.717) is 6.42 Å². The molecule has 1 aromatic carbocycles. The SMILES string of the molecule is COc1ccccc1Cc1nc(CC(C)O)cs1. The maximum absolute atomic E-state index is 9.33. The monoisotopic (exact) mass is 263 g/mol. The molecule has 0 radical (unpaired) electrons. The third kappa shape index (κ3) is 3.31. The van der Waals surface area contributed by atoms with Gasteiger partial charge < -0.3 is 9.84 Å². The number of hydrogen-bond acceptors (Lipinski definition) is 4. The van der Waals surface area contributed by atoms with Gasteiger partial charge in [0, 0.05) is 23.8 Å². The van der Waals surface area contributed by atoms with Gasteiger partial charge in [0.25, 0.3) is 0 Å². The van der Waals surface area contributed by atoms with Crippen LogP contribution in [0.3, 0.4) is 0 Å². The second-order valence-corrected chi connectivity index (χ2v) is 5.22. The van der Waals surface area contributed by atoms with Crippen molar-refractivity contribution >= 4 is 11.3 Å². The van der Waals surface area contributed by atoms with Crippen LogP contribution in [0.25, 0.3) is 0 Å². The molecule has 18 heavy (non-hydrogen) atoms. The summed E-state index contributed by atoms with van der Waals surface area (Å²) in [5, 5.41) is 12.4. The highest BCUT2D eigenvalue weighted by Crippen LogP contribution is 2.22. The summed E-state index contributed by atoms with van der Waals surface area (Å²) in [6.45, 7) is 1.78. The summed E-state index contributed by atoms with van der Waals surface area (Å²) < 4.78 is 5.33. The number of rotatable bonds is 5. The molecule has 0 spiro atoms. The molecule has 2 rings (SSSR count). The minimum atomic E-state index is -0.341. The van der Waals surface area contributed by atoms with Gasteiger partial charge in [-0.25, -0.2) is 4.98 Å².